The molecule has 1 N–H and O–H groups in total. The van der Waals surface area contributed by atoms with Crippen molar-refractivity contribution in [1.82, 2.24) is 10.2 Å². The van der Waals surface area contributed by atoms with Gasteiger partial charge in [-0.25, -0.2) is 0 Å². The Morgan fingerprint density at radius 2 is 1.90 bits per heavy atom. The number of nitrogens with one attached hydrogen (secondary N) is 1. The number of para-hydroxylation sites is 1. The Balaban J connectivity index is 1.86. The van der Waals surface area contributed by atoms with Crippen LogP contribution in [0.15, 0.2) is 42.5 Å². The molecule has 1 atom stereocenters. The molecule has 162 valence electrons. The molecule has 1 heterocycles. The second kappa shape index (κ2) is 9.38. The third-order valence-electron chi connectivity index (χ3n) is 5.21. The van der Waals surface area contributed by atoms with Crippen LogP contribution in [0.1, 0.15) is 35.6 Å². The molecule has 0 spiro atoms. The zero-order chi connectivity index (χ0) is 21.7. The molecule has 1 unspecified atom stereocenters. The number of benzene rings is 2. The van der Waals surface area contributed by atoms with E-state index in [9.17, 15) is 18.0 Å². The number of hydrogen-bond donors (Lipinski definition) is 1. The number of amides is 1. The highest BCUT2D eigenvalue weighted by atomic mass is 19.4. The van der Waals surface area contributed by atoms with Crippen molar-refractivity contribution >= 4 is 5.91 Å². The highest BCUT2D eigenvalue weighted by Gasteiger charge is 2.32. The van der Waals surface area contributed by atoms with Gasteiger partial charge >= 0.3 is 6.18 Å². The van der Waals surface area contributed by atoms with Crippen molar-refractivity contribution in [2.75, 3.05) is 27.3 Å². The van der Waals surface area contributed by atoms with Gasteiger partial charge in [0, 0.05) is 31.6 Å². The number of likely N-dealkylation sites (tertiary alicyclic amines) is 1. The predicted molar refractivity (Wildman–Crippen MR) is 106 cm³/mol. The largest absolute Gasteiger partial charge is 0.493 e. The number of alkyl halides is 3. The standard InChI is InChI=1S/C22H25F3N2O3/c1-29-19-9-4-7-16(21(19)30-2)13-26-18(14-27-11-5-10-20(27)28)15-6-3-8-17(12-15)22(23,24)25/h3-4,6-9,12,18,26H,5,10-11,13-14H2,1-2H3. The minimum Gasteiger partial charge on any atom is -0.493 e. The average Bonchev–Trinajstić information content (AvgIpc) is 3.14. The Morgan fingerprint density at radius 1 is 1.13 bits per heavy atom. The van der Waals surface area contributed by atoms with E-state index in [4.69, 9.17) is 9.47 Å². The van der Waals surface area contributed by atoms with E-state index in [1.54, 1.807) is 24.1 Å². The van der Waals surface area contributed by atoms with Crippen LogP contribution in [0.3, 0.4) is 0 Å². The molecule has 5 nitrogen and oxygen atoms in total. The maximum Gasteiger partial charge on any atom is 0.416 e. The number of hydrogen-bond acceptors (Lipinski definition) is 4. The van der Waals surface area contributed by atoms with Crippen LogP contribution in [0.25, 0.3) is 0 Å². The van der Waals surface area contributed by atoms with Crippen LogP contribution < -0.4 is 14.8 Å². The lowest BCUT2D eigenvalue weighted by Gasteiger charge is -2.26. The summed E-state index contributed by atoms with van der Waals surface area (Å²) in [5.74, 6) is 1.16. The van der Waals surface area contributed by atoms with E-state index in [1.807, 2.05) is 12.1 Å². The fourth-order valence-corrected chi connectivity index (χ4v) is 3.66. The third kappa shape index (κ3) is 5.05. The highest BCUT2D eigenvalue weighted by molar-refractivity contribution is 5.78. The lowest BCUT2D eigenvalue weighted by molar-refractivity contribution is -0.137. The van der Waals surface area contributed by atoms with E-state index in [1.165, 1.54) is 13.2 Å². The molecule has 0 radical (unpaired) electrons. The summed E-state index contributed by atoms with van der Waals surface area (Å²) < 4.78 is 50.4. The Morgan fingerprint density at radius 3 is 2.53 bits per heavy atom. The van der Waals surface area contributed by atoms with Gasteiger partial charge in [0.1, 0.15) is 0 Å². The third-order valence-corrected chi connectivity index (χ3v) is 5.21. The highest BCUT2D eigenvalue weighted by Crippen LogP contribution is 2.33. The predicted octanol–water partition coefficient (Wildman–Crippen LogP) is 4.18. The fraction of sp³-hybridized carbons (Fsp3) is 0.409. The summed E-state index contributed by atoms with van der Waals surface area (Å²) in [6, 6.07) is 10.2. The molecule has 1 aliphatic rings. The molecule has 1 saturated heterocycles. The molecule has 0 bridgehead atoms. The van der Waals surface area contributed by atoms with Crippen LogP contribution in [0, 0.1) is 0 Å². The Hall–Kier alpha value is -2.74. The molecule has 3 rings (SSSR count). The number of nitrogens with zero attached hydrogens (tertiary/aromatic N) is 1. The van der Waals surface area contributed by atoms with Crippen LogP contribution in [0.4, 0.5) is 13.2 Å². The molecule has 0 saturated carbocycles. The normalized spacial score (nSPS) is 15.4. The van der Waals surface area contributed by atoms with Gasteiger partial charge in [-0.2, -0.15) is 13.2 Å². The maximum absolute atomic E-state index is 13.2. The quantitative estimate of drug-likeness (QED) is 0.694. The smallest absolute Gasteiger partial charge is 0.416 e. The van der Waals surface area contributed by atoms with Gasteiger partial charge in [0.2, 0.25) is 5.91 Å². The maximum atomic E-state index is 13.2. The first-order chi connectivity index (χ1) is 14.3. The van der Waals surface area contributed by atoms with Gasteiger partial charge in [-0.15, -0.1) is 0 Å². The summed E-state index contributed by atoms with van der Waals surface area (Å²) >= 11 is 0. The number of methoxy groups -OCH3 is 2. The zero-order valence-electron chi connectivity index (χ0n) is 17.0. The first kappa shape index (κ1) is 22.0. The first-order valence-corrected chi connectivity index (χ1v) is 9.71. The second-order valence-corrected chi connectivity index (χ2v) is 7.15. The van der Waals surface area contributed by atoms with Gasteiger partial charge in [0.15, 0.2) is 11.5 Å². The van der Waals surface area contributed by atoms with Crippen LogP contribution in [-0.2, 0) is 17.5 Å². The fourth-order valence-electron chi connectivity index (χ4n) is 3.66. The zero-order valence-corrected chi connectivity index (χ0v) is 17.0. The molecule has 1 aliphatic heterocycles. The summed E-state index contributed by atoms with van der Waals surface area (Å²) in [6.45, 7) is 1.24. The summed E-state index contributed by atoms with van der Waals surface area (Å²) in [4.78, 5) is 13.8. The van der Waals surface area contributed by atoms with E-state index in [0.717, 1.165) is 24.1 Å². The molecular formula is C22H25F3N2O3. The van der Waals surface area contributed by atoms with Crippen molar-refractivity contribution < 1.29 is 27.4 Å². The summed E-state index contributed by atoms with van der Waals surface area (Å²) in [5.41, 5.74) is 0.575. The van der Waals surface area contributed by atoms with Crippen molar-refractivity contribution in [3.05, 3.63) is 59.2 Å². The van der Waals surface area contributed by atoms with Crippen molar-refractivity contribution in [2.45, 2.75) is 31.6 Å². The molecule has 0 aromatic heterocycles. The monoisotopic (exact) mass is 422 g/mol. The summed E-state index contributed by atoms with van der Waals surface area (Å²) in [5, 5.41) is 3.31. The van der Waals surface area contributed by atoms with Crippen molar-refractivity contribution in [3.8, 4) is 11.5 Å². The van der Waals surface area contributed by atoms with Gasteiger partial charge in [0.05, 0.1) is 25.8 Å². The second-order valence-electron chi connectivity index (χ2n) is 7.15. The molecule has 30 heavy (non-hydrogen) atoms. The Bertz CT molecular complexity index is 886. The molecule has 8 heteroatoms. The van der Waals surface area contributed by atoms with Crippen LogP contribution in [0.2, 0.25) is 0 Å². The van der Waals surface area contributed by atoms with Crippen molar-refractivity contribution in [2.24, 2.45) is 0 Å². The van der Waals surface area contributed by atoms with E-state index >= 15 is 0 Å². The van der Waals surface area contributed by atoms with Gasteiger partial charge in [0.25, 0.3) is 0 Å². The van der Waals surface area contributed by atoms with E-state index in [-0.39, 0.29) is 5.91 Å². The van der Waals surface area contributed by atoms with Crippen LogP contribution >= 0.6 is 0 Å². The van der Waals surface area contributed by atoms with Crippen molar-refractivity contribution in [1.29, 1.82) is 0 Å². The van der Waals surface area contributed by atoms with Gasteiger partial charge in [-0.1, -0.05) is 24.3 Å². The number of rotatable bonds is 8. The number of carbonyl (C=O) groups is 1. The lowest BCUT2D eigenvalue weighted by atomic mass is 10.0. The molecule has 0 aliphatic carbocycles. The minimum absolute atomic E-state index is 0.0211. The van der Waals surface area contributed by atoms with Gasteiger partial charge < -0.3 is 19.7 Å². The summed E-state index contributed by atoms with van der Waals surface area (Å²) in [6.07, 6.45) is -3.20. The lowest BCUT2D eigenvalue weighted by Crippen LogP contribution is -2.36. The van der Waals surface area contributed by atoms with Crippen molar-refractivity contribution in [3.63, 3.8) is 0 Å². The van der Waals surface area contributed by atoms with Crippen LogP contribution in [-0.4, -0.2) is 38.1 Å². The average molecular weight is 422 g/mol. The number of ether oxygens (including phenoxy) is 2. The van der Waals surface area contributed by atoms with E-state index < -0.39 is 17.8 Å². The minimum atomic E-state index is -4.43. The molecule has 1 fully saturated rings. The first-order valence-electron chi connectivity index (χ1n) is 9.71. The Labute approximate surface area is 173 Å². The molecule has 2 aromatic carbocycles. The number of carbonyl (C=O) groups excluding carboxylic acids is 1. The summed E-state index contributed by atoms with van der Waals surface area (Å²) in [7, 11) is 3.08. The van der Waals surface area contributed by atoms with Gasteiger partial charge in [-0.05, 0) is 30.2 Å². The number of halogens is 3. The Kier molecular flexibility index (Phi) is 6.87. The topological polar surface area (TPSA) is 50.8 Å². The molecular weight excluding hydrogens is 397 g/mol. The van der Waals surface area contributed by atoms with Gasteiger partial charge in [-0.3, -0.25) is 4.79 Å². The van der Waals surface area contributed by atoms with E-state index in [0.29, 0.717) is 43.1 Å². The molecule has 2 aromatic rings. The molecule has 1 amide bonds. The SMILES string of the molecule is COc1cccc(CNC(CN2CCCC2=O)c2cccc(C(F)(F)F)c2)c1OC. The van der Waals surface area contributed by atoms with E-state index in [2.05, 4.69) is 5.32 Å². The van der Waals surface area contributed by atoms with Crippen LogP contribution in [0.5, 0.6) is 11.5 Å².